The van der Waals surface area contributed by atoms with E-state index in [-0.39, 0.29) is 0 Å². The summed E-state index contributed by atoms with van der Waals surface area (Å²) < 4.78 is 11.7. The molecule has 0 spiro atoms. The fraction of sp³-hybridized carbons (Fsp3) is 0.429. The fourth-order valence-electron chi connectivity index (χ4n) is 2.06. The van der Waals surface area contributed by atoms with E-state index < -0.39 is 0 Å². The van der Waals surface area contributed by atoms with E-state index in [9.17, 15) is 0 Å². The third-order valence-electron chi connectivity index (χ3n) is 3.16. The van der Waals surface area contributed by atoms with Gasteiger partial charge in [-0.05, 0) is 37.1 Å². The first-order valence-corrected chi connectivity index (χ1v) is 8.62. The molecule has 1 aromatic carbocycles. The Hall–Kier alpha value is -1.31. The quantitative estimate of drug-likeness (QED) is 0.820. The summed E-state index contributed by atoms with van der Waals surface area (Å²) in [5, 5.41) is 12.4. The van der Waals surface area contributed by atoms with Gasteiger partial charge in [-0.2, -0.15) is 0 Å². The second kappa shape index (κ2) is 7.11. The van der Waals surface area contributed by atoms with Crippen LogP contribution < -0.4 is 10.1 Å². The van der Waals surface area contributed by atoms with Crippen LogP contribution in [-0.2, 0) is 4.74 Å². The van der Waals surface area contributed by atoms with Crippen molar-refractivity contribution < 1.29 is 9.47 Å². The maximum atomic E-state index is 5.61. The van der Waals surface area contributed by atoms with Crippen LogP contribution in [0.4, 0.5) is 10.8 Å². The topological polar surface area (TPSA) is 56.3 Å². The van der Waals surface area contributed by atoms with Gasteiger partial charge < -0.3 is 14.8 Å². The molecule has 1 aliphatic rings. The number of benzene rings is 1. The van der Waals surface area contributed by atoms with Crippen LogP contribution in [0.25, 0.3) is 0 Å². The lowest BCUT2D eigenvalue weighted by atomic mass is 10.3. The number of hydrogen-bond acceptors (Lipinski definition) is 7. The van der Waals surface area contributed by atoms with Crippen molar-refractivity contribution in [3.8, 4) is 5.75 Å². The van der Waals surface area contributed by atoms with Crippen molar-refractivity contribution in [2.24, 2.45) is 0 Å². The Balaban J connectivity index is 1.53. The zero-order valence-corrected chi connectivity index (χ0v) is 13.4. The Morgan fingerprint density at radius 1 is 1.38 bits per heavy atom. The molecular weight excluding hydrogens is 306 g/mol. The van der Waals surface area contributed by atoms with E-state index in [0.29, 0.717) is 6.10 Å². The first kappa shape index (κ1) is 14.6. The van der Waals surface area contributed by atoms with Crippen molar-refractivity contribution in [3.05, 3.63) is 24.3 Å². The summed E-state index contributed by atoms with van der Waals surface area (Å²) in [6.07, 6.45) is 2.70. The van der Waals surface area contributed by atoms with Crippen LogP contribution in [0, 0.1) is 0 Å². The summed E-state index contributed by atoms with van der Waals surface area (Å²) in [5.41, 5.74) is 0.975. The molecule has 1 saturated heterocycles. The van der Waals surface area contributed by atoms with Crippen LogP contribution in [0.15, 0.2) is 28.6 Å². The van der Waals surface area contributed by atoms with Crippen LogP contribution in [0.3, 0.4) is 0 Å². The van der Waals surface area contributed by atoms with Gasteiger partial charge in [0.25, 0.3) is 0 Å². The third-order valence-corrected chi connectivity index (χ3v) is 5.27. The summed E-state index contributed by atoms with van der Waals surface area (Å²) in [6.45, 7) is 0.894. The molecule has 2 aromatic rings. The molecule has 1 aliphatic heterocycles. The van der Waals surface area contributed by atoms with Crippen molar-refractivity contribution in [2.75, 3.05) is 24.8 Å². The van der Waals surface area contributed by atoms with Crippen LogP contribution in [0.1, 0.15) is 12.8 Å². The van der Waals surface area contributed by atoms with Gasteiger partial charge >= 0.3 is 0 Å². The molecular formula is C14H17N3O2S2. The van der Waals surface area contributed by atoms with Crippen LogP contribution >= 0.6 is 23.1 Å². The molecule has 2 heterocycles. The molecule has 1 unspecified atom stereocenters. The zero-order chi connectivity index (χ0) is 14.5. The van der Waals surface area contributed by atoms with E-state index in [1.54, 1.807) is 30.2 Å². The summed E-state index contributed by atoms with van der Waals surface area (Å²) in [7, 11) is 1.66. The van der Waals surface area contributed by atoms with Crippen LogP contribution in [0.5, 0.6) is 5.75 Å². The van der Waals surface area contributed by atoms with Crippen molar-refractivity contribution in [3.63, 3.8) is 0 Å². The number of aromatic nitrogens is 2. The molecule has 0 aliphatic carbocycles. The minimum Gasteiger partial charge on any atom is -0.497 e. The minimum atomic E-state index is 0.372. The number of anilines is 2. The molecule has 3 rings (SSSR count). The Morgan fingerprint density at radius 3 is 2.95 bits per heavy atom. The molecule has 1 aromatic heterocycles. The van der Waals surface area contributed by atoms with Crippen molar-refractivity contribution in [2.45, 2.75) is 23.3 Å². The molecule has 112 valence electrons. The lowest BCUT2D eigenvalue weighted by molar-refractivity contribution is 0.129. The highest BCUT2D eigenvalue weighted by molar-refractivity contribution is 8.01. The van der Waals surface area contributed by atoms with Gasteiger partial charge in [0.2, 0.25) is 5.13 Å². The largest absolute Gasteiger partial charge is 0.497 e. The number of nitrogens with one attached hydrogen (secondary N) is 1. The van der Waals surface area contributed by atoms with E-state index in [1.165, 1.54) is 6.42 Å². The highest BCUT2D eigenvalue weighted by Gasteiger charge is 2.16. The van der Waals surface area contributed by atoms with Gasteiger partial charge in [0.15, 0.2) is 4.34 Å². The second-order valence-electron chi connectivity index (χ2n) is 4.67. The molecule has 5 nitrogen and oxygen atoms in total. The second-order valence-corrected chi connectivity index (χ2v) is 6.92. The first-order chi connectivity index (χ1) is 10.3. The Labute approximate surface area is 132 Å². The number of rotatable bonds is 6. The lowest BCUT2D eigenvalue weighted by Gasteiger charge is -2.05. The molecule has 1 fully saturated rings. The Morgan fingerprint density at radius 2 is 2.24 bits per heavy atom. The normalized spacial score (nSPS) is 17.9. The number of methoxy groups -OCH3 is 1. The molecule has 0 amide bonds. The van der Waals surface area contributed by atoms with E-state index >= 15 is 0 Å². The summed E-state index contributed by atoms with van der Waals surface area (Å²) in [4.78, 5) is 0. The summed E-state index contributed by atoms with van der Waals surface area (Å²) in [6, 6.07) is 7.74. The van der Waals surface area contributed by atoms with Gasteiger partial charge in [-0.1, -0.05) is 23.1 Å². The molecule has 21 heavy (non-hydrogen) atoms. The maximum absolute atomic E-state index is 5.61. The Bertz CT molecular complexity index is 568. The highest BCUT2D eigenvalue weighted by Crippen LogP contribution is 2.30. The number of hydrogen-bond donors (Lipinski definition) is 1. The van der Waals surface area contributed by atoms with Gasteiger partial charge in [0.1, 0.15) is 5.75 Å². The SMILES string of the molecule is COc1ccc(Nc2nnc(SCC3CCCO3)s2)cc1. The van der Waals surface area contributed by atoms with Crippen molar-refractivity contribution in [1.82, 2.24) is 10.2 Å². The van der Waals surface area contributed by atoms with E-state index in [2.05, 4.69) is 15.5 Å². The van der Waals surface area contributed by atoms with Crippen molar-refractivity contribution in [1.29, 1.82) is 0 Å². The van der Waals surface area contributed by atoms with Gasteiger partial charge in [0.05, 0.1) is 13.2 Å². The number of thioether (sulfide) groups is 1. The molecule has 7 heteroatoms. The minimum absolute atomic E-state index is 0.372. The average Bonchev–Trinajstić information content (AvgIpc) is 3.17. The predicted molar refractivity (Wildman–Crippen MR) is 85.9 cm³/mol. The maximum Gasteiger partial charge on any atom is 0.210 e. The monoisotopic (exact) mass is 323 g/mol. The fourth-order valence-corrected chi connectivity index (χ4v) is 3.92. The Kier molecular flexibility index (Phi) is 4.95. The van der Waals surface area contributed by atoms with Gasteiger partial charge in [-0.25, -0.2) is 0 Å². The molecule has 1 N–H and O–H groups in total. The van der Waals surface area contributed by atoms with Gasteiger partial charge in [0, 0.05) is 18.0 Å². The predicted octanol–water partition coefficient (Wildman–Crippen LogP) is 3.56. The zero-order valence-electron chi connectivity index (χ0n) is 11.7. The third kappa shape index (κ3) is 4.09. The smallest absolute Gasteiger partial charge is 0.210 e. The molecule has 0 saturated carbocycles. The standard InChI is InChI=1S/C14H17N3O2S2/c1-18-11-6-4-10(5-7-11)15-13-16-17-14(21-13)20-9-12-3-2-8-19-12/h4-7,12H,2-3,8-9H2,1H3,(H,15,16). The number of ether oxygens (including phenoxy) is 2. The molecule has 0 bridgehead atoms. The van der Waals surface area contributed by atoms with Crippen LogP contribution in [0.2, 0.25) is 0 Å². The summed E-state index contributed by atoms with van der Waals surface area (Å²) in [5.74, 6) is 1.79. The lowest BCUT2D eigenvalue weighted by Crippen LogP contribution is -2.07. The molecule has 1 atom stereocenters. The van der Waals surface area contributed by atoms with E-state index in [4.69, 9.17) is 9.47 Å². The average molecular weight is 323 g/mol. The van der Waals surface area contributed by atoms with E-state index in [0.717, 1.165) is 39.7 Å². The van der Waals surface area contributed by atoms with Gasteiger partial charge in [-0.3, -0.25) is 0 Å². The van der Waals surface area contributed by atoms with Gasteiger partial charge in [-0.15, -0.1) is 10.2 Å². The van der Waals surface area contributed by atoms with Crippen molar-refractivity contribution >= 4 is 33.9 Å². The van der Waals surface area contributed by atoms with E-state index in [1.807, 2.05) is 24.3 Å². The molecule has 0 radical (unpaired) electrons. The highest BCUT2D eigenvalue weighted by atomic mass is 32.2. The number of nitrogens with zero attached hydrogens (tertiary/aromatic N) is 2. The van der Waals surface area contributed by atoms with Crippen LogP contribution in [-0.4, -0.2) is 35.8 Å². The first-order valence-electron chi connectivity index (χ1n) is 6.82. The summed E-state index contributed by atoms with van der Waals surface area (Å²) >= 11 is 3.28.